The predicted molar refractivity (Wildman–Crippen MR) is 130 cm³/mol. The van der Waals surface area contributed by atoms with Gasteiger partial charge in [-0.05, 0) is 80.4 Å². The van der Waals surface area contributed by atoms with E-state index >= 15 is 0 Å². The van der Waals surface area contributed by atoms with Gasteiger partial charge in [0.1, 0.15) is 0 Å². The molecule has 0 bridgehead atoms. The summed E-state index contributed by atoms with van der Waals surface area (Å²) in [6.45, 7) is 6.16. The second-order valence-electron chi connectivity index (χ2n) is 7.22. The van der Waals surface area contributed by atoms with E-state index in [0.717, 1.165) is 38.4 Å². The number of hydrogen-bond donors (Lipinski definition) is 2. The van der Waals surface area contributed by atoms with E-state index in [1.54, 1.807) is 0 Å². The number of nitrogens with zero attached hydrogens (tertiary/aromatic N) is 1. The summed E-state index contributed by atoms with van der Waals surface area (Å²) >= 11 is 11.1. The summed E-state index contributed by atoms with van der Waals surface area (Å²) < 4.78 is 3.24. The first-order valence-corrected chi connectivity index (χ1v) is 11.5. The molecule has 3 aromatic rings. The van der Waals surface area contributed by atoms with E-state index < -0.39 is 0 Å². The fourth-order valence-corrected chi connectivity index (χ4v) is 4.92. The highest BCUT2D eigenvalue weighted by Gasteiger charge is 2.28. The van der Waals surface area contributed by atoms with Crippen molar-refractivity contribution >= 4 is 57.0 Å². The van der Waals surface area contributed by atoms with Gasteiger partial charge in [0.25, 0.3) is 5.91 Å². The van der Waals surface area contributed by atoms with E-state index in [4.69, 9.17) is 11.6 Å². The molecule has 0 aliphatic carbocycles. The molecule has 1 unspecified atom stereocenters. The Morgan fingerprint density at radius 1 is 1.13 bits per heavy atom. The minimum Gasteiger partial charge on any atom is -0.356 e. The van der Waals surface area contributed by atoms with Gasteiger partial charge in [-0.15, -0.1) is 0 Å². The lowest BCUT2D eigenvalue weighted by molar-refractivity contribution is -0.116. The summed E-state index contributed by atoms with van der Waals surface area (Å²) in [4.78, 5) is 13.2. The molecule has 2 heterocycles. The molecule has 2 N–H and O–H groups in total. The lowest BCUT2D eigenvalue weighted by Crippen LogP contribution is -2.31. The van der Waals surface area contributed by atoms with Crippen LogP contribution < -0.4 is 10.6 Å². The molecule has 30 heavy (non-hydrogen) atoms. The summed E-state index contributed by atoms with van der Waals surface area (Å²) in [6.07, 6.45) is 1.96. The standard InChI is InChI=1S/C23H21BrClN3OS/c1-13-4-7-18(25)12-20(13)26-23-27-22(29)21(30-23)11-16-10-14(2)28(15(16)3)19-8-5-17(24)6-9-19/h4-12,23,26H,1-3H3,(H,27,29)/b21-11-. The number of nitrogens with one attached hydrogen (secondary N) is 2. The molecule has 1 aliphatic heterocycles. The van der Waals surface area contributed by atoms with Crippen molar-refractivity contribution in [2.24, 2.45) is 0 Å². The van der Waals surface area contributed by atoms with Crippen LogP contribution in [0.3, 0.4) is 0 Å². The quantitative estimate of drug-likeness (QED) is 0.405. The molecule has 0 saturated carbocycles. The summed E-state index contributed by atoms with van der Waals surface area (Å²) in [7, 11) is 0. The van der Waals surface area contributed by atoms with Crippen LogP contribution in [-0.4, -0.2) is 16.0 Å². The zero-order valence-electron chi connectivity index (χ0n) is 16.8. The van der Waals surface area contributed by atoms with Gasteiger partial charge in [0.05, 0.1) is 4.91 Å². The summed E-state index contributed by atoms with van der Waals surface area (Å²) in [5.74, 6) is -0.0781. The maximum absolute atomic E-state index is 12.6. The molecular formula is C23H21BrClN3OS. The van der Waals surface area contributed by atoms with Crippen LogP contribution in [0, 0.1) is 20.8 Å². The summed E-state index contributed by atoms with van der Waals surface area (Å²) in [6, 6.07) is 16.0. The molecule has 1 saturated heterocycles. The molecule has 2 aromatic carbocycles. The lowest BCUT2D eigenvalue weighted by atomic mass is 10.2. The summed E-state index contributed by atoms with van der Waals surface area (Å²) in [5.41, 5.74) is 6.09. The number of aryl methyl sites for hydroxylation is 2. The minimum absolute atomic E-state index is 0.0781. The van der Waals surface area contributed by atoms with Crippen molar-refractivity contribution in [1.29, 1.82) is 0 Å². The van der Waals surface area contributed by atoms with Crippen molar-refractivity contribution in [2.45, 2.75) is 26.3 Å². The zero-order valence-corrected chi connectivity index (χ0v) is 20.0. The molecule has 1 amide bonds. The Hall–Kier alpha value is -2.15. The van der Waals surface area contributed by atoms with Gasteiger partial charge in [0.15, 0.2) is 5.50 Å². The third-order valence-electron chi connectivity index (χ3n) is 5.06. The van der Waals surface area contributed by atoms with Gasteiger partial charge in [-0.25, -0.2) is 0 Å². The number of halogens is 2. The molecule has 4 nitrogen and oxygen atoms in total. The van der Waals surface area contributed by atoms with Crippen molar-refractivity contribution < 1.29 is 4.79 Å². The van der Waals surface area contributed by atoms with Crippen LogP contribution in [0.1, 0.15) is 22.5 Å². The fourth-order valence-electron chi connectivity index (χ4n) is 3.52. The average molecular weight is 503 g/mol. The van der Waals surface area contributed by atoms with Crippen LogP contribution in [-0.2, 0) is 4.79 Å². The predicted octanol–water partition coefficient (Wildman–Crippen LogP) is 6.42. The van der Waals surface area contributed by atoms with E-state index in [0.29, 0.717) is 9.93 Å². The van der Waals surface area contributed by atoms with E-state index in [2.05, 4.69) is 63.2 Å². The van der Waals surface area contributed by atoms with Gasteiger partial charge >= 0.3 is 0 Å². The number of aromatic nitrogens is 1. The van der Waals surface area contributed by atoms with Gasteiger partial charge in [-0.2, -0.15) is 0 Å². The van der Waals surface area contributed by atoms with Crippen LogP contribution in [0.15, 0.2) is 57.9 Å². The Morgan fingerprint density at radius 3 is 2.60 bits per heavy atom. The number of amides is 1. The normalized spacial score (nSPS) is 17.4. The Labute approximate surface area is 193 Å². The molecule has 1 aliphatic rings. The first-order valence-electron chi connectivity index (χ1n) is 9.48. The van der Waals surface area contributed by atoms with Gasteiger partial charge in [-0.1, -0.05) is 45.4 Å². The third-order valence-corrected chi connectivity index (χ3v) is 6.85. The Morgan fingerprint density at radius 2 is 1.87 bits per heavy atom. The highest BCUT2D eigenvalue weighted by molar-refractivity contribution is 9.10. The highest BCUT2D eigenvalue weighted by atomic mass is 79.9. The van der Waals surface area contributed by atoms with E-state index in [9.17, 15) is 4.79 Å². The number of thioether (sulfide) groups is 1. The van der Waals surface area contributed by atoms with Crippen LogP contribution >= 0.6 is 39.3 Å². The van der Waals surface area contributed by atoms with Crippen LogP contribution in [0.25, 0.3) is 11.8 Å². The first-order chi connectivity index (χ1) is 14.3. The lowest BCUT2D eigenvalue weighted by Gasteiger charge is -2.15. The van der Waals surface area contributed by atoms with Gasteiger partial charge < -0.3 is 15.2 Å². The molecule has 154 valence electrons. The van der Waals surface area contributed by atoms with E-state index in [1.807, 2.05) is 43.3 Å². The molecule has 7 heteroatoms. The number of anilines is 1. The molecular weight excluding hydrogens is 482 g/mol. The Kier molecular flexibility index (Phi) is 6.00. The number of carbonyl (C=O) groups is 1. The van der Waals surface area contributed by atoms with Crippen molar-refractivity contribution in [3.63, 3.8) is 0 Å². The van der Waals surface area contributed by atoms with E-state index in [-0.39, 0.29) is 11.4 Å². The number of rotatable bonds is 4. The molecule has 1 fully saturated rings. The van der Waals surface area contributed by atoms with Crippen LogP contribution in [0.4, 0.5) is 5.69 Å². The van der Waals surface area contributed by atoms with Crippen molar-refractivity contribution in [1.82, 2.24) is 9.88 Å². The van der Waals surface area contributed by atoms with Gasteiger partial charge in [0, 0.05) is 32.3 Å². The van der Waals surface area contributed by atoms with Crippen LogP contribution in [0.5, 0.6) is 0 Å². The Bertz CT molecular complexity index is 1150. The van der Waals surface area contributed by atoms with Crippen molar-refractivity contribution in [3.8, 4) is 5.69 Å². The SMILES string of the molecule is Cc1ccc(Cl)cc1NC1NC(=O)/C(=C/c2cc(C)n(-c3ccc(Br)cc3)c2C)S1. The molecule has 0 radical (unpaired) electrons. The smallest absolute Gasteiger partial charge is 0.260 e. The topological polar surface area (TPSA) is 46.1 Å². The minimum atomic E-state index is -0.240. The average Bonchev–Trinajstić information content (AvgIpc) is 3.18. The third kappa shape index (κ3) is 4.31. The summed E-state index contributed by atoms with van der Waals surface area (Å²) in [5, 5.41) is 7.00. The zero-order chi connectivity index (χ0) is 21.4. The maximum Gasteiger partial charge on any atom is 0.260 e. The van der Waals surface area contributed by atoms with E-state index in [1.165, 1.54) is 11.8 Å². The molecule has 1 atom stereocenters. The number of benzene rings is 2. The van der Waals surface area contributed by atoms with Crippen molar-refractivity contribution in [3.05, 3.63) is 85.4 Å². The second-order valence-corrected chi connectivity index (χ2v) is 9.72. The van der Waals surface area contributed by atoms with Gasteiger partial charge in [0.2, 0.25) is 0 Å². The molecule has 0 spiro atoms. The Balaban J connectivity index is 1.58. The largest absolute Gasteiger partial charge is 0.356 e. The van der Waals surface area contributed by atoms with Crippen molar-refractivity contribution in [2.75, 3.05) is 5.32 Å². The fraction of sp³-hybridized carbons (Fsp3) is 0.174. The van der Waals surface area contributed by atoms with Crippen LogP contribution in [0.2, 0.25) is 5.02 Å². The molecule has 4 rings (SSSR count). The monoisotopic (exact) mass is 501 g/mol. The second kappa shape index (κ2) is 8.53. The molecule has 1 aromatic heterocycles. The number of carbonyl (C=O) groups excluding carboxylic acids is 1. The first kappa shape index (κ1) is 21.1. The number of hydrogen-bond acceptors (Lipinski definition) is 3. The van der Waals surface area contributed by atoms with Gasteiger partial charge in [-0.3, -0.25) is 4.79 Å². The maximum atomic E-state index is 12.6. The highest BCUT2D eigenvalue weighted by Crippen LogP contribution is 2.33.